The third-order valence-electron chi connectivity index (χ3n) is 5.27. The van der Waals surface area contributed by atoms with Gasteiger partial charge in [0.15, 0.2) is 4.34 Å². The van der Waals surface area contributed by atoms with Crippen LogP contribution in [0.1, 0.15) is 25.7 Å². The Bertz CT molecular complexity index is 900. The van der Waals surface area contributed by atoms with Crippen molar-refractivity contribution in [3.8, 4) is 0 Å². The molecule has 1 aromatic heterocycles. The fraction of sp³-hybridized carbons (Fsp3) is 0.474. The number of hydrogen-bond acceptors (Lipinski definition) is 6. The van der Waals surface area contributed by atoms with Crippen molar-refractivity contribution >= 4 is 56.7 Å². The number of rotatable bonds is 4. The highest BCUT2D eigenvalue weighted by atomic mass is 32.2. The van der Waals surface area contributed by atoms with Crippen LogP contribution in [0.15, 0.2) is 22.5 Å². The lowest BCUT2D eigenvalue weighted by Crippen LogP contribution is -2.30. The van der Waals surface area contributed by atoms with Gasteiger partial charge in [0.2, 0.25) is 17.7 Å². The molecule has 0 unspecified atom stereocenters. The Labute approximate surface area is 165 Å². The van der Waals surface area contributed by atoms with Gasteiger partial charge in [-0.2, -0.15) is 0 Å². The van der Waals surface area contributed by atoms with Crippen molar-refractivity contribution in [2.45, 2.75) is 30.0 Å². The molecule has 1 aromatic carbocycles. The SMILES string of the molecule is CN(C)C(=O)CSc1nc2ccc(N3C(=O)[C@H]4CCCC[C@H]4C3=O)cc2s1. The van der Waals surface area contributed by atoms with Gasteiger partial charge in [-0.05, 0) is 31.0 Å². The normalized spacial score (nSPS) is 22.4. The molecular formula is C19H21N3O3S2. The van der Waals surface area contributed by atoms with Gasteiger partial charge in [-0.15, -0.1) is 11.3 Å². The predicted octanol–water partition coefficient (Wildman–Crippen LogP) is 3.16. The summed E-state index contributed by atoms with van der Waals surface area (Å²) in [4.78, 5) is 44.8. The molecule has 1 aliphatic heterocycles. The van der Waals surface area contributed by atoms with Crippen molar-refractivity contribution < 1.29 is 14.4 Å². The summed E-state index contributed by atoms with van der Waals surface area (Å²) < 4.78 is 1.73. The molecule has 2 atom stereocenters. The van der Waals surface area contributed by atoms with Crippen LogP contribution in [0.5, 0.6) is 0 Å². The highest BCUT2D eigenvalue weighted by Gasteiger charge is 2.48. The van der Waals surface area contributed by atoms with Gasteiger partial charge in [-0.3, -0.25) is 19.3 Å². The van der Waals surface area contributed by atoms with Gasteiger partial charge in [-0.1, -0.05) is 24.6 Å². The fourth-order valence-corrected chi connectivity index (χ4v) is 5.84. The van der Waals surface area contributed by atoms with E-state index < -0.39 is 0 Å². The van der Waals surface area contributed by atoms with Crippen molar-refractivity contribution in [3.05, 3.63) is 18.2 Å². The van der Waals surface area contributed by atoms with Gasteiger partial charge in [0, 0.05) is 14.1 Å². The van der Waals surface area contributed by atoms with Crippen molar-refractivity contribution in [2.24, 2.45) is 11.8 Å². The number of fused-ring (bicyclic) bond motifs is 2. The average Bonchev–Trinajstić information content (AvgIpc) is 3.18. The summed E-state index contributed by atoms with van der Waals surface area (Å²) in [6.07, 6.45) is 3.67. The minimum atomic E-state index is -0.147. The van der Waals surface area contributed by atoms with E-state index >= 15 is 0 Å². The lowest BCUT2D eigenvalue weighted by Gasteiger charge is -2.19. The second kappa shape index (κ2) is 7.24. The van der Waals surface area contributed by atoms with Crippen LogP contribution in [-0.4, -0.2) is 47.5 Å². The number of amides is 3. The molecule has 4 rings (SSSR count). The summed E-state index contributed by atoms with van der Waals surface area (Å²) in [6, 6.07) is 5.52. The van der Waals surface area contributed by atoms with E-state index in [1.54, 1.807) is 25.1 Å². The van der Waals surface area contributed by atoms with Gasteiger partial charge in [0.25, 0.3) is 0 Å². The number of hydrogen-bond donors (Lipinski definition) is 0. The number of aromatic nitrogens is 1. The van der Waals surface area contributed by atoms with E-state index in [-0.39, 0.29) is 29.6 Å². The first-order valence-corrected chi connectivity index (χ1v) is 10.9. The molecule has 8 heteroatoms. The smallest absolute Gasteiger partial charge is 0.237 e. The second-order valence-corrected chi connectivity index (χ2v) is 9.47. The maximum absolute atomic E-state index is 12.8. The standard InChI is InChI=1S/C19H21N3O3S2/c1-21(2)16(23)10-26-19-20-14-8-7-11(9-15(14)27-19)22-17(24)12-5-3-4-6-13(12)18(22)25/h7-9,12-13H,3-6,10H2,1-2H3/t12-,13+. The number of carbonyl (C=O) groups is 3. The molecular weight excluding hydrogens is 382 g/mol. The quantitative estimate of drug-likeness (QED) is 0.579. The Kier molecular flexibility index (Phi) is 4.94. The fourth-order valence-electron chi connectivity index (χ4n) is 3.76. The minimum absolute atomic E-state index is 0.0378. The van der Waals surface area contributed by atoms with Crippen LogP contribution in [0.3, 0.4) is 0 Å². The summed E-state index contributed by atoms with van der Waals surface area (Å²) >= 11 is 2.89. The molecule has 3 amide bonds. The zero-order valence-electron chi connectivity index (χ0n) is 15.3. The molecule has 0 spiro atoms. The number of thiazole rings is 1. The monoisotopic (exact) mass is 403 g/mol. The van der Waals surface area contributed by atoms with E-state index in [2.05, 4.69) is 4.98 Å². The Morgan fingerprint density at radius 1 is 1.22 bits per heavy atom. The molecule has 2 heterocycles. The zero-order valence-corrected chi connectivity index (χ0v) is 16.9. The number of benzene rings is 1. The van der Waals surface area contributed by atoms with Crippen LogP contribution in [0.25, 0.3) is 10.2 Å². The van der Waals surface area contributed by atoms with E-state index in [0.717, 1.165) is 40.2 Å². The molecule has 142 valence electrons. The molecule has 0 N–H and O–H groups in total. The molecule has 2 fully saturated rings. The Morgan fingerprint density at radius 2 is 1.89 bits per heavy atom. The van der Waals surface area contributed by atoms with E-state index in [1.807, 2.05) is 12.1 Å². The third-order valence-corrected chi connectivity index (χ3v) is 7.42. The molecule has 6 nitrogen and oxygen atoms in total. The minimum Gasteiger partial charge on any atom is -0.348 e. The summed E-state index contributed by atoms with van der Waals surface area (Å²) in [5.74, 6) is -0.0278. The van der Waals surface area contributed by atoms with Crippen LogP contribution in [0.4, 0.5) is 5.69 Å². The maximum Gasteiger partial charge on any atom is 0.237 e. The largest absolute Gasteiger partial charge is 0.348 e. The zero-order chi connectivity index (χ0) is 19.1. The first kappa shape index (κ1) is 18.4. The van der Waals surface area contributed by atoms with Crippen molar-refractivity contribution in [1.82, 2.24) is 9.88 Å². The summed E-state index contributed by atoms with van der Waals surface area (Å²) in [7, 11) is 3.46. The van der Waals surface area contributed by atoms with E-state index in [0.29, 0.717) is 11.4 Å². The van der Waals surface area contributed by atoms with Crippen LogP contribution in [0, 0.1) is 11.8 Å². The predicted molar refractivity (Wildman–Crippen MR) is 107 cm³/mol. The number of nitrogens with zero attached hydrogens (tertiary/aromatic N) is 3. The van der Waals surface area contributed by atoms with Gasteiger partial charge < -0.3 is 4.90 Å². The molecule has 1 saturated heterocycles. The molecule has 1 aliphatic carbocycles. The van der Waals surface area contributed by atoms with Gasteiger partial charge in [0.1, 0.15) is 0 Å². The summed E-state index contributed by atoms with van der Waals surface area (Å²) in [5.41, 5.74) is 1.46. The maximum atomic E-state index is 12.8. The molecule has 2 aromatic rings. The van der Waals surface area contributed by atoms with Crippen LogP contribution in [-0.2, 0) is 14.4 Å². The Balaban J connectivity index is 1.57. The van der Waals surface area contributed by atoms with Crippen molar-refractivity contribution in [1.29, 1.82) is 0 Å². The van der Waals surface area contributed by atoms with Crippen LogP contribution in [0.2, 0.25) is 0 Å². The Morgan fingerprint density at radius 3 is 2.52 bits per heavy atom. The summed E-state index contributed by atoms with van der Waals surface area (Å²) in [5, 5.41) is 0. The van der Waals surface area contributed by atoms with Crippen molar-refractivity contribution in [2.75, 3.05) is 24.7 Å². The molecule has 0 radical (unpaired) electrons. The molecule has 1 saturated carbocycles. The number of imide groups is 1. The lowest BCUT2D eigenvalue weighted by atomic mass is 9.81. The molecule has 2 aliphatic rings. The van der Waals surface area contributed by atoms with Gasteiger partial charge in [0.05, 0.1) is 33.5 Å². The average molecular weight is 404 g/mol. The van der Waals surface area contributed by atoms with Gasteiger partial charge in [-0.25, -0.2) is 4.98 Å². The molecule has 0 bridgehead atoms. The highest BCUT2D eigenvalue weighted by molar-refractivity contribution is 8.01. The Hall–Kier alpha value is -1.93. The van der Waals surface area contributed by atoms with Crippen molar-refractivity contribution in [3.63, 3.8) is 0 Å². The third kappa shape index (κ3) is 3.36. The topological polar surface area (TPSA) is 70.6 Å². The van der Waals surface area contributed by atoms with E-state index in [9.17, 15) is 14.4 Å². The number of thioether (sulfide) groups is 1. The second-order valence-electron chi connectivity index (χ2n) is 7.22. The van der Waals surface area contributed by atoms with Gasteiger partial charge >= 0.3 is 0 Å². The first-order valence-electron chi connectivity index (χ1n) is 9.07. The highest BCUT2D eigenvalue weighted by Crippen LogP contribution is 2.41. The number of carbonyl (C=O) groups excluding carboxylic acids is 3. The van der Waals surface area contributed by atoms with Crippen LogP contribution >= 0.6 is 23.1 Å². The van der Waals surface area contributed by atoms with Crippen LogP contribution < -0.4 is 4.90 Å². The summed E-state index contributed by atoms with van der Waals surface area (Å²) in [6.45, 7) is 0. The first-order chi connectivity index (χ1) is 13.0. The van der Waals surface area contributed by atoms with E-state index in [1.165, 1.54) is 28.0 Å². The lowest BCUT2D eigenvalue weighted by molar-refractivity contribution is -0.126. The van der Waals surface area contributed by atoms with E-state index in [4.69, 9.17) is 0 Å². The molecule has 27 heavy (non-hydrogen) atoms. The number of anilines is 1.